The van der Waals surface area contributed by atoms with Crippen molar-refractivity contribution >= 4 is 22.5 Å². The number of halogens is 1. The molecule has 3 aromatic carbocycles. The van der Waals surface area contributed by atoms with Gasteiger partial charge in [-0.05, 0) is 40.5 Å². The maximum Gasteiger partial charge on any atom is 0.130 e. The van der Waals surface area contributed by atoms with Crippen LogP contribution in [0.3, 0.4) is 0 Å². The molecule has 110 valence electrons. The Morgan fingerprint density at radius 3 is 2.17 bits per heavy atom. The van der Waals surface area contributed by atoms with E-state index in [4.69, 9.17) is 11.6 Å². The lowest BCUT2D eigenvalue weighted by Gasteiger charge is -2.09. The third kappa shape index (κ3) is 2.71. The van der Waals surface area contributed by atoms with E-state index in [2.05, 4.69) is 59.6 Å². The second-order valence-electron chi connectivity index (χ2n) is 5.46. The molecule has 0 amide bonds. The fraction of sp³-hybridized carbons (Fsp3) is 0. The van der Waals surface area contributed by atoms with E-state index in [0.717, 1.165) is 22.0 Å². The molecule has 0 unspecified atom stereocenters. The molecule has 0 aliphatic carbocycles. The molecule has 0 atom stereocenters. The Labute approximate surface area is 140 Å². The molecule has 0 spiro atoms. The first-order valence-electron chi connectivity index (χ1n) is 7.52. The average Bonchev–Trinajstić information content (AvgIpc) is 2.62. The minimum Gasteiger partial charge on any atom is -0.236 e. The predicted octanol–water partition coefficient (Wildman–Crippen LogP) is 6.22. The van der Waals surface area contributed by atoms with E-state index >= 15 is 0 Å². The van der Waals surface area contributed by atoms with E-state index in [9.17, 15) is 0 Å². The number of benzene rings is 3. The van der Waals surface area contributed by atoms with Crippen molar-refractivity contribution in [2.75, 3.05) is 0 Å². The highest BCUT2D eigenvalue weighted by atomic mass is 35.5. The molecule has 0 saturated heterocycles. The lowest BCUT2D eigenvalue weighted by molar-refractivity contribution is 1.41. The quantitative estimate of drug-likeness (QED) is 0.400. The Kier molecular flexibility index (Phi) is 3.57. The van der Waals surface area contributed by atoms with Gasteiger partial charge >= 0.3 is 0 Å². The highest BCUT2D eigenvalue weighted by Crippen LogP contribution is 2.32. The molecular weight excluding hydrogens is 302 g/mol. The summed E-state index contributed by atoms with van der Waals surface area (Å²) in [6, 6.07) is 28.9. The summed E-state index contributed by atoms with van der Waals surface area (Å²) < 4.78 is 0. The maximum atomic E-state index is 6.22. The predicted molar refractivity (Wildman–Crippen MR) is 97.6 cm³/mol. The average molecular weight is 316 g/mol. The van der Waals surface area contributed by atoms with Gasteiger partial charge in [0.15, 0.2) is 0 Å². The third-order valence-corrected chi connectivity index (χ3v) is 4.16. The van der Waals surface area contributed by atoms with E-state index in [-0.39, 0.29) is 0 Å². The summed E-state index contributed by atoms with van der Waals surface area (Å²) in [4.78, 5) is 4.41. The molecule has 0 saturated carbocycles. The zero-order valence-electron chi connectivity index (χ0n) is 12.4. The number of nitrogens with zero attached hydrogens (tertiary/aromatic N) is 1. The van der Waals surface area contributed by atoms with Crippen molar-refractivity contribution in [3.63, 3.8) is 0 Å². The fourth-order valence-electron chi connectivity index (χ4n) is 2.88. The zero-order valence-corrected chi connectivity index (χ0v) is 13.2. The topological polar surface area (TPSA) is 12.9 Å². The number of hydrogen-bond acceptors (Lipinski definition) is 1. The number of aromatic nitrogens is 1. The van der Waals surface area contributed by atoms with Crippen LogP contribution in [0.2, 0.25) is 5.15 Å². The van der Waals surface area contributed by atoms with Gasteiger partial charge in [-0.1, -0.05) is 78.3 Å². The highest BCUT2D eigenvalue weighted by Gasteiger charge is 2.08. The zero-order chi connectivity index (χ0) is 15.6. The van der Waals surface area contributed by atoms with Crippen molar-refractivity contribution in [3.05, 3.63) is 90.1 Å². The number of pyridine rings is 1. The van der Waals surface area contributed by atoms with Gasteiger partial charge in [-0.2, -0.15) is 0 Å². The van der Waals surface area contributed by atoms with Crippen LogP contribution >= 0.6 is 11.6 Å². The Morgan fingerprint density at radius 1 is 0.609 bits per heavy atom. The fourth-order valence-corrected chi connectivity index (χ4v) is 3.08. The Balaban J connectivity index is 1.92. The molecule has 1 heterocycles. The third-order valence-electron chi connectivity index (χ3n) is 3.97. The molecule has 0 bridgehead atoms. The van der Waals surface area contributed by atoms with Gasteiger partial charge in [0.1, 0.15) is 5.15 Å². The summed E-state index contributed by atoms with van der Waals surface area (Å²) >= 11 is 6.22. The highest BCUT2D eigenvalue weighted by molar-refractivity contribution is 6.30. The first-order valence-corrected chi connectivity index (χ1v) is 7.90. The van der Waals surface area contributed by atoms with Crippen molar-refractivity contribution in [1.29, 1.82) is 0 Å². The SMILES string of the molecule is Clc1cc(-c2cccc(-c3ccccc3)c2)c2ccccc2n1. The number of hydrogen-bond donors (Lipinski definition) is 0. The van der Waals surface area contributed by atoms with Crippen LogP contribution in [0.5, 0.6) is 0 Å². The van der Waals surface area contributed by atoms with Crippen LogP contribution in [0.25, 0.3) is 33.2 Å². The van der Waals surface area contributed by atoms with E-state index < -0.39 is 0 Å². The summed E-state index contributed by atoms with van der Waals surface area (Å²) in [5.74, 6) is 0. The Morgan fingerprint density at radius 2 is 1.30 bits per heavy atom. The van der Waals surface area contributed by atoms with Crippen LogP contribution in [0, 0.1) is 0 Å². The minimum absolute atomic E-state index is 0.517. The first-order chi connectivity index (χ1) is 11.3. The molecule has 1 aromatic heterocycles. The van der Waals surface area contributed by atoms with E-state index in [1.807, 2.05) is 30.3 Å². The van der Waals surface area contributed by atoms with E-state index in [1.54, 1.807) is 0 Å². The van der Waals surface area contributed by atoms with Gasteiger partial charge in [0, 0.05) is 5.39 Å². The second-order valence-corrected chi connectivity index (χ2v) is 5.84. The van der Waals surface area contributed by atoms with Crippen LogP contribution in [-0.2, 0) is 0 Å². The van der Waals surface area contributed by atoms with Crippen molar-refractivity contribution in [3.8, 4) is 22.3 Å². The van der Waals surface area contributed by atoms with Crippen LogP contribution in [-0.4, -0.2) is 4.98 Å². The molecule has 2 heteroatoms. The molecule has 1 nitrogen and oxygen atoms in total. The van der Waals surface area contributed by atoms with Crippen LogP contribution in [0.1, 0.15) is 0 Å². The molecule has 23 heavy (non-hydrogen) atoms. The molecule has 0 aliphatic heterocycles. The van der Waals surface area contributed by atoms with Crippen molar-refractivity contribution in [1.82, 2.24) is 4.98 Å². The second kappa shape index (κ2) is 5.86. The lowest BCUT2D eigenvalue weighted by Crippen LogP contribution is -1.87. The van der Waals surface area contributed by atoms with Gasteiger partial charge in [0.05, 0.1) is 5.52 Å². The largest absolute Gasteiger partial charge is 0.236 e. The Hall–Kier alpha value is -2.64. The van der Waals surface area contributed by atoms with Gasteiger partial charge in [0.25, 0.3) is 0 Å². The molecular formula is C21H14ClN. The van der Waals surface area contributed by atoms with Crippen molar-refractivity contribution < 1.29 is 0 Å². The number of fused-ring (bicyclic) bond motifs is 1. The molecule has 0 N–H and O–H groups in total. The van der Waals surface area contributed by atoms with Crippen LogP contribution in [0.4, 0.5) is 0 Å². The standard InChI is InChI=1S/C21H14ClN/c22-21-14-19(18-11-4-5-12-20(18)23-21)17-10-6-9-16(13-17)15-7-2-1-3-8-15/h1-14H. The summed E-state index contributed by atoms with van der Waals surface area (Å²) in [5.41, 5.74) is 5.57. The van der Waals surface area contributed by atoms with Gasteiger partial charge in [-0.15, -0.1) is 0 Å². The molecule has 0 aliphatic rings. The lowest BCUT2D eigenvalue weighted by atomic mass is 9.97. The minimum atomic E-state index is 0.517. The molecule has 4 rings (SSSR count). The molecule has 4 aromatic rings. The monoisotopic (exact) mass is 315 g/mol. The van der Waals surface area contributed by atoms with Crippen molar-refractivity contribution in [2.24, 2.45) is 0 Å². The van der Waals surface area contributed by atoms with Gasteiger partial charge in [0.2, 0.25) is 0 Å². The summed E-state index contributed by atoms with van der Waals surface area (Å²) in [5, 5.41) is 1.63. The van der Waals surface area contributed by atoms with Crippen molar-refractivity contribution in [2.45, 2.75) is 0 Å². The smallest absolute Gasteiger partial charge is 0.130 e. The number of rotatable bonds is 2. The Bertz CT molecular complexity index is 977. The van der Waals surface area contributed by atoms with Gasteiger partial charge < -0.3 is 0 Å². The van der Waals surface area contributed by atoms with Crippen LogP contribution < -0.4 is 0 Å². The number of para-hydroxylation sites is 1. The first kappa shape index (κ1) is 14.0. The maximum absolute atomic E-state index is 6.22. The van der Waals surface area contributed by atoms with E-state index in [1.165, 1.54) is 11.1 Å². The van der Waals surface area contributed by atoms with Crippen LogP contribution in [0.15, 0.2) is 84.9 Å². The van der Waals surface area contributed by atoms with Gasteiger partial charge in [-0.3, -0.25) is 0 Å². The summed E-state index contributed by atoms with van der Waals surface area (Å²) in [6.45, 7) is 0. The molecule has 0 radical (unpaired) electrons. The molecule has 0 fully saturated rings. The summed E-state index contributed by atoms with van der Waals surface area (Å²) in [6.07, 6.45) is 0. The summed E-state index contributed by atoms with van der Waals surface area (Å²) in [7, 11) is 0. The van der Waals surface area contributed by atoms with E-state index in [0.29, 0.717) is 5.15 Å². The normalized spacial score (nSPS) is 10.8. The van der Waals surface area contributed by atoms with Gasteiger partial charge in [-0.25, -0.2) is 4.98 Å².